The molecule has 1 fully saturated rings. The Bertz CT molecular complexity index is 827. The molecule has 0 bridgehead atoms. The Morgan fingerprint density at radius 2 is 1.27 bits per heavy atom. The zero-order valence-electron chi connectivity index (χ0n) is 27.7. The molecule has 0 aliphatic carbocycles. The molecule has 0 radical (unpaired) electrons. The highest BCUT2D eigenvalue weighted by atomic mass is 32.3. The van der Waals surface area contributed by atoms with E-state index in [9.17, 15) is 28.5 Å². The predicted molar refractivity (Wildman–Crippen MR) is 170 cm³/mol. The average molecular weight is 671 g/mol. The zero-order valence-corrected chi connectivity index (χ0v) is 28.5. The Balaban J connectivity index is 2.57. The SMILES string of the molecule is CCCCCCCCCCCOCC(COC1OC(CO)C(O)C(OS(=O)(=O)O)C1O)OC(=O)CCCCCCCCCCC. The molecule has 0 aromatic rings. The molecule has 1 aliphatic rings. The van der Waals surface area contributed by atoms with Gasteiger partial charge in [-0.25, -0.2) is 4.18 Å². The van der Waals surface area contributed by atoms with Crippen LogP contribution in [0.2, 0.25) is 0 Å². The van der Waals surface area contributed by atoms with Gasteiger partial charge in [-0.05, 0) is 12.8 Å². The number of carbonyl (C=O) groups is 1. The number of esters is 1. The van der Waals surface area contributed by atoms with Crippen molar-refractivity contribution in [1.29, 1.82) is 0 Å². The molecule has 0 aromatic heterocycles. The highest BCUT2D eigenvalue weighted by Crippen LogP contribution is 2.26. The van der Waals surface area contributed by atoms with Crippen molar-refractivity contribution in [2.75, 3.05) is 26.4 Å². The third-order valence-electron chi connectivity index (χ3n) is 7.98. The topological polar surface area (TPSA) is 178 Å². The quantitative estimate of drug-likeness (QED) is 0.0476. The van der Waals surface area contributed by atoms with Gasteiger partial charge >= 0.3 is 16.4 Å². The largest absolute Gasteiger partial charge is 0.457 e. The molecule has 1 rings (SSSR count). The van der Waals surface area contributed by atoms with Gasteiger partial charge in [0.2, 0.25) is 0 Å². The summed E-state index contributed by atoms with van der Waals surface area (Å²) in [6.45, 7) is 3.92. The van der Waals surface area contributed by atoms with E-state index in [1.54, 1.807) is 0 Å². The second kappa shape index (κ2) is 26.1. The third kappa shape index (κ3) is 20.8. The lowest BCUT2D eigenvalue weighted by Crippen LogP contribution is -2.60. The molecule has 6 unspecified atom stereocenters. The lowest BCUT2D eigenvalue weighted by atomic mass is 9.99. The molecule has 1 aliphatic heterocycles. The first kappa shape index (κ1) is 42.1. The van der Waals surface area contributed by atoms with Crippen LogP contribution in [0, 0.1) is 0 Å². The number of carbonyl (C=O) groups excluding carboxylic acids is 1. The summed E-state index contributed by atoms with van der Waals surface area (Å²) in [6.07, 6.45) is 11.7. The van der Waals surface area contributed by atoms with Crippen LogP contribution in [-0.4, -0.2) is 97.5 Å². The maximum absolute atomic E-state index is 12.6. The smallest absolute Gasteiger partial charge is 0.397 e. The third-order valence-corrected chi connectivity index (χ3v) is 8.44. The van der Waals surface area contributed by atoms with Crippen molar-refractivity contribution in [1.82, 2.24) is 0 Å². The second-order valence-electron chi connectivity index (χ2n) is 12.1. The summed E-state index contributed by atoms with van der Waals surface area (Å²) in [7, 11) is -5.04. The van der Waals surface area contributed by atoms with Gasteiger partial charge in [0.05, 0.1) is 19.8 Å². The van der Waals surface area contributed by atoms with Crippen LogP contribution in [0.4, 0.5) is 0 Å². The van der Waals surface area contributed by atoms with E-state index in [2.05, 4.69) is 18.0 Å². The van der Waals surface area contributed by atoms with Crippen molar-refractivity contribution in [2.45, 2.75) is 173 Å². The summed E-state index contributed by atoms with van der Waals surface area (Å²) in [4.78, 5) is 12.6. The molecule has 6 atom stereocenters. The van der Waals surface area contributed by atoms with E-state index >= 15 is 0 Å². The Morgan fingerprint density at radius 1 is 0.756 bits per heavy atom. The fourth-order valence-corrected chi connectivity index (χ4v) is 5.83. The van der Waals surface area contributed by atoms with Gasteiger partial charge in [0.25, 0.3) is 0 Å². The first-order valence-corrected chi connectivity index (χ1v) is 18.7. The second-order valence-corrected chi connectivity index (χ2v) is 13.2. The predicted octanol–water partition coefficient (Wildman–Crippen LogP) is 5.01. The van der Waals surface area contributed by atoms with E-state index in [-0.39, 0.29) is 19.6 Å². The van der Waals surface area contributed by atoms with Gasteiger partial charge in [-0.1, -0.05) is 117 Å². The maximum atomic E-state index is 12.6. The van der Waals surface area contributed by atoms with Gasteiger partial charge in [-0.3, -0.25) is 9.35 Å². The lowest BCUT2D eigenvalue weighted by Gasteiger charge is -2.41. The Hall–Kier alpha value is -0.900. The van der Waals surface area contributed by atoms with E-state index in [0.29, 0.717) is 13.0 Å². The van der Waals surface area contributed by atoms with Gasteiger partial charge in [0.15, 0.2) is 6.29 Å². The van der Waals surface area contributed by atoms with Crippen LogP contribution in [0.3, 0.4) is 0 Å². The Kier molecular flexibility index (Phi) is 24.4. The zero-order chi connectivity index (χ0) is 33.3. The van der Waals surface area contributed by atoms with Gasteiger partial charge in [0.1, 0.15) is 30.5 Å². The summed E-state index contributed by atoms with van der Waals surface area (Å²) >= 11 is 0. The first-order chi connectivity index (χ1) is 21.6. The van der Waals surface area contributed by atoms with Crippen molar-refractivity contribution in [3.8, 4) is 0 Å². The van der Waals surface area contributed by atoms with Crippen LogP contribution in [0.5, 0.6) is 0 Å². The van der Waals surface area contributed by atoms with Crippen LogP contribution >= 0.6 is 0 Å². The summed E-state index contributed by atoms with van der Waals surface area (Å²) in [6, 6.07) is 0. The van der Waals surface area contributed by atoms with E-state index in [0.717, 1.165) is 38.5 Å². The fourth-order valence-electron chi connectivity index (χ4n) is 5.32. The minimum absolute atomic E-state index is 0.0420. The van der Waals surface area contributed by atoms with Crippen LogP contribution in [0.15, 0.2) is 0 Å². The number of aliphatic hydroxyl groups is 3. The number of rotatable bonds is 29. The van der Waals surface area contributed by atoms with Crippen molar-refractivity contribution < 1.29 is 56.2 Å². The average Bonchev–Trinajstić information content (AvgIpc) is 3.00. The normalized spacial score (nSPS) is 22.8. The summed E-state index contributed by atoms with van der Waals surface area (Å²) in [5, 5.41) is 30.4. The van der Waals surface area contributed by atoms with Gasteiger partial charge in [-0.15, -0.1) is 0 Å². The van der Waals surface area contributed by atoms with Crippen molar-refractivity contribution in [2.24, 2.45) is 0 Å². The molecule has 268 valence electrons. The summed E-state index contributed by atoms with van der Waals surface area (Å²) < 4.78 is 58.4. The van der Waals surface area contributed by atoms with E-state index in [1.807, 2.05) is 0 Å². The highest BCUT2D eigenvalue weighted by Gasteiger charge is 2.48. The molecular formula is C32H62O12S. The number of hydrogen-bond donors (Lipinski definition) is 4. The molecule has 45 heavy (non-hydrogen) atoms. The molecule has 13 heteroatoms. The first-order valence-electron chi connectivity index (χ1n) is 17.3. The van der Waals surface area contributed by atoms with Crippen LogP contribution in [0.1, 0.15) is 136 Å². The van der Waals surface area contributed by atoms with E-state index in [4.69, 9.17) is 23.5 Å². The maximum Gasteiger partial charge on any atom is 0.397 e. The van der Waals surface area contributed by atoms with E-state index < -0.39 is 59.8 Å². The standard InChI is InChI=1S/C32H62O12S/c1-3-5-7-9-11-13-15-17-19-21-28(34)42-26(24-40-22-20-18-16-14-12-10-8-6-4-2)25-41-32-30(36)31(44-45(37,38)39)29(35)27(23-33)43-32/h26-27,29-33,35-36H,3-25H2,1-2H3,(H,37,38,39). The number of aliphatic hydroxyl groups excluding tert-OH is 3. The molecule has 0 aromatic carbocycles. The van der Waals surface area contributed by atoms with E-state index in [1.165, 1.54) is 70.6 Å². The monoisotopic (exact) mass is 670 g/mol. The van der Waals surface area contributed by atoms with Crippen molar-refractivity contribution in [3.05, 3.63) is 0 Å². The molecule has 4 N–H and O–H groups in total. The van der Waals surface area contributed by atoms with Crippen molar-refractivity contribution in [3.63, 3.8) is 0 Å². The molecular weight excluding hydrogens is 608 g/mol. The highest BCUT2D eigenvalue weighted by molar-refractivity contribution is 7.80. The fraction of sp³-hybridized carbons (Fsp3) is 0.969. The number of unbranched alkanes of at least 4 members (excludes halogenated alkanes) is 16. The van der Waals surface area contributed by atoms with Crippen LogP contribution in [-0.2, 0) is 38.3 Å². The van der Waals surface area contributed by atoms with Crippen LogP contribution in [0.25, 0.3) is 0 Å². The molecule has 0 amide bonds. The lowest BCUT2D eigenvalue weighted by molar-refractivity contribution is -0.301. The molecule has 0 spiro atoms. The van der Waals surface area contributed by atoms with Gasteiger partial charge < -0.3 is 34.3 Å². The van der Waals surface area contributed by atoms with Crippen molar-refractivity contribution >= 4 is 16.4 Å². The summed E-state index contributed by atoms with van der Waals surface area (Å²) in [5.41, 5.74) is 0. The number of ether oxygens (including phenoxy) is 4. The number of hydrogen-bond acceptors (Lipinski definition) is 11. The minimum atomic E-state index is -5.04. The van der Waals surface area contributed by atoms with Crippen LogP contribution < -0.4 is 0 Å². The molecule has 1 heterocycles. The Labute approximate surface area is 271 Å². The molecule has 1 saturated heterocycles. The Morgan fingerprint density at radius 3 is 1.78 bits per heavy atom. The summed E-state index contributed by atoms with van der Waals surface area (Å²) in [5.74, 6) is -0.403. The van der Waals surface area contributed by atoms with Gasteiger partial charge in [-0.2, -0.15) is 8.42 Å². The van der Waals surface area contributed by atoms with Gasteiger partial charge in [0, 0.05) is 13.0 Å². The molecule has 12 nitrogen and oxygen atoms in total. The minimum Gasteiger partial charge on any atom is -0.457 e. The molecule has 0 saturated carbocycles.